The summed E-state index contributed by atoms with van der Waals surface area (Å²) in [6, 6.07) is 37.4. The van der Waals surface area contributed by atoms with E-state index in [0.29, 0.717) is 0 Å². The van der Waals surface area contributed by atoms with Gasteiger partial charge in [0.05, 0.1) is 11.0 Å². The van der Waals surface area contributed by atoms with Crippen LogP contribution in [0, 0.1) is 6.92 Å². The number of fused-ring (bicyclic) bond motifs is 6. The van der Waals surface area contributed by atoms with Gasteiger partial charge in [-0.2, -0.15) is 0 Å². The van der Waals surface area contributed by atoms with Crippen molar-refractivity contribution in [2.45, 2.75) is 6.92 Å². The van der Waals surface area contributed by atoms with E-state index < -0.39 is 0 Å². The van der Waals surface area contributed by atoms with Crippen molar-refractivity contribution in [2.24, 2.45) is 4.99 Å². The van der Waals surface area contributed by atoms with Crippen LogP contribution in [0.2, 0.25) is 0 Å². The van der Waals surface area contributed by atoms with Crippen LogP contribution in [-0.4, -0.2) is 19.1 Å². The van der Waals surface area contributed by atoms with Gasteiger partial charge in [0.2, 0.25) is 0 Å². The van der Waals surface area contributed by atoms with Gasteiger partial charge >= 0.3 is 0 Å². The van der Waals surface area contributed by atoms with E-state index in [-0.39, 0.29) is 0 Å². The molecule has 1 aliphatic heterocycles. The average Bonchev–Trinajstić information content (AvgIpc) is 3.47. The van der Waals surface area contributed by atoms with Crippen molar-refractivity contribution in [3.8, 4) is 11.1 Å². The Morgan fingerprint density at radius 3 is 2.30 bits per heavy atom. The molecule has 5 aromatic carbocycles. The van der Waals surface area contributed by atoms with E-state index in [1.54, 1.807) is 0 Å². The Labute approximate surface area is 216 Å². The van der Waals surface area contributed by atoms with Gasteiger partial charge in [-0.3, -0.25) is 0 Å². The number of H-pyrrole nitrogens is 1. The van der Waals surface area contributed by atoms with Crippen LogP contribution in [0.1, 0.15) is 16.7 Å². The van der Waals surface area contributed by atoms with Crippen molar-refractivity contribution in [1.82, 2.24) is 4.98 Å². The van der Waals surface area contributed by atoms with Crippen LogP contribution in [0.25, 0.3) is 38.5 Å². The molecule has 1 aromatic heterocycles. The zero-order valence-corrected chi connectivity index (χ0v) is 21.2. The second kappa shape index (κ2) is 8.21. The van der Waals surface area contributed by atoms with Crippen molar-refractivity contribution in [3.05, 3.63) is 130 Å². The summed E-state index contributed by atoms with van der Waals surface area (Å²) in [4.78, 5) is 10.6. The van der Waals surface area contributed by atoms with Gasteiger partial charge in [0.1, 0.15) is 0 Å². The van der Waals surface area contributed by atoms with Crippen molar-refractivity contribution in [1.29, 1.82) is 0 Å². The van der Waals surface area contributed by atoms with E-state index in [1.807, 2.05) is 0 Å². The first-order chi connectivity index (χ1) is 18.0. The van der Waals surface area contributed by atoms with Gasteiger partial charge in [0, 0.05) is 52.7 Å². The molecule has 1 aliphatic rings. The lowest BCUT2D eigenvalue weighted by Gasteiger charge is -2.15. The van der Waals surface area contributed by atoms with E-state index in [9.17, 15) is 0 Å². The number of aromatic amines is 1. The summed E-state index contributed by atoms with van der Waals surface area (Å²) in [7, 11) is 4.15. The van der Waals surface area contributed by atoms with E-state index in [0.717, 1.165) is 22.1 Å². The number of aryl methyl sites for hydroxylation is 1. The van der Waals surface area contributed by atoms with Gasteiger partial charge in [0.15, 0.2) is 0 Å². The largest absolute Gasteiger partial charge is 0.378 e. The van der Waals surface area contributed by atoms with Crippen LogP contribution < -0.4 is 15.5 Å². The molecular weight excluding hydrogens is 450 g/mol. The van der Waals surface area contributed by atoms with Crippen LogP contribution in [0.15, 0.2) is 108 Å². The highest BCUT2D eigenvalue weighted by Crippen LogP contribution is 2.34. The lowest BCUT2D eigenvalue weighted by atomic mass is 9.92. The Morgan fingerprint density at radius 1 is 0.676 bits per heavy atom. The minimum atomic E-state index is 1.04. The maximum Gasteiger partial charge on any atom is 0.0716 e. The predicted octanol–water partition coefficient (Wildman–Crippen LogP) is 6.87. The molecule has 0 aliphatic carbocycles. The highest BCUT2D eigenvalue weighted by Gasteiger charge is 2.16. The van der Waals surface area contributed by atoms with Gasteiger partial charge in [-0.1, -0.05) is 54.1 Å². The molecule has 2 heterocycles. The molecule has 3 heteroatoms. The minimum Gasteiger partial charge on any atom is -0.378 e. The first-order valence-electron chi connectivity index (χ1n) is 12.7. The molecule has 0 unspecified atom stereocenters. The Morgan fingerprint density at radius 2 is 1.46 bits per heavy atom. The second-order valence-electron chi connectivity index (χ2n) is 10.1. The van der Waals surface area contributed by atoms with Crippen LogP contribution >= 0.6 is 0 Å². The van der Waals surface area contributed by atoms with Gasteiger partial charge in [-0.15, -0.1) is 0 Å². The Balaban J connectivity index is 1.52. The molecule has 0 fully saturated rings. The summed E-state index contributed by atoms with van der Waals surface area (Å²) >= 11 is 0. The normalized spacial score (nSPS) is 12.8. The maximum atomic E-state index is 4.88. The molecule has 0 saturated heterocycles. The summed E-state index contributed by atoms with van der Waals surface area (Å²) in [5, 5.41) is 4.73. The minimum absolute atomic E-state index is 1.04. The molecule has 0 bridgehead atoms. The molecule has 0 saturated carbocycles. The molecule has 178 valence electrons. The number of para-hydroxylation sites is 1. The first kappa shape index (κ1) is 21.6. The first-order valence-corrected chi connectivity index (χ1v) is 12.7. The molecule has 37 heavy (non-hydrogen) atoms. The van der Waals surface area contributed by atoms with Crippen LogP contribution in [-0.2, 0) is 0 Å². The quantitative estimate of drug-likeness (QED) is 0.296. The molecular formula is C34H27N3. The molecule has 0 spiro atoms. The average molecular weight is 478 g/mol. The number of anilines is 1. The molecule has 7 rings (SSSR count). The van der Waals surface area contributed by atoms with E-state index in [2.05, 4.69) is 134 Å². The summed E-state index contributed by atoms with van der Waals surface area (Å²) in [5.41, 5.74) is 11.8. The topological polar surface area (TPSA) is 31.4 Å². The lowest BCUT2D eigenvalue weighted by Crippen LogP contribution is -2.14. The van der Waals surface area contributed by atoms with E-state index >= 15 is 0 Å². The molecule has 6 aromatic rings. The summed E-state index contributed by atoms with van der Waals surface area (Å²) in [6.07, 6.45) is 0. The maximum absolute atomic E-state index is 4.88. The third-order valence-corrected chi connectivity index (χ3v) is 7.44. The molecule has 0 radical (unpaired) electrons. The van der Waals surface area contributed by atoms with E-state index in [1.165, 1.54) is 55.1 Å². The van der Waals surface area contributed by atoms with E-state index in [4.69, 9.17) is 4.99 Å². The van der Waals surface area contributed by atoms with Crippen molar-refractivity contribution < 1.29 is 0 Å². The molecule has 1 N–H and O–H groups in total. The lowest BCUT2D eigenvalue weighted by molar-refractivity contribution is 1.13. The summed E-state index contributed by atoms with van der Waals surface area (Å²) in [6.45, 7) is 2.14. The van der Waals surface area contributed by atoms with Crippen LogP contribution in [0.4, 0.5) is 11.4 Å². The van der Waals surface area contributed by atoms with Crippen molar-refractivity contribution in [2.75, 3.05) is 19.0 Å². The highest BCUT2D eigenvalue weighted by molar-refractivity contribution is 6.08. The number of nitrogens with one attached hydrogen (secondary N) is 1. The van der Waals surface area contributed by atoms with Crippen molar-refractivity contribution in [3.63, 3.8) is 0 Å². The van der Waals surface area contributed by atoms with Crippen LogP contribution in [0.3, 0.4) is 0 Å². The van der Waals surface area contributed by atoms with Gasteiger partial charge in [0.25, 0.3) is 0 Å². The molecule has 0 atom stereocenters. The third kappa shape index (κ3) is 3.54. The standard InChI is InChI=1S/C34H27N3/c1-21-8-15-31-27(18-21)29-20-24(12-17-33(29)36-31)34(22-9-13-25(14-10-22)37(2)3)23-11-16-32-28(19-23)26-6-4-5-7-30(26)35-32/h4-20,35H,1-3H3. The number of hydrogen-bond acceptors (Lipinski definition) is 2. The summed E-state index contributed by atoms with van der Waals surface area (Å²) in [5.74, 6) is 0. The number of hydrogen-bond donors (Lipinski definition) is 1. The zero-order valence-electron chi connectivity index (χ0n) is 21.2. The smallest absolute Gasteiger partial charge is 0.0716 e. The Bertz CT molecular complexity index is 1960. The second-order valence-corrected chi connectivity index (χ2v) is 10.1. The Hall–Kier alpha value is -4.63. The fourth-order valence-electron chi connectivity index (χ4n) is 5.53. The SMILES string of the molecule is Cc1ccc2c(c1)-c1cc(=C(c3ccc(N(C)C)cc3)c3ccc4[nH]c5ccccc5c4c3)ccc1=N2. The molecule has 0 amide bonds. The number of benzene rings is 5. The monoisotopic (exact) mass is 477 g/mol. The number of nitrogens with zero attached hydrogens (tertiary/aromatic N) is 2. The van der Waals surface area contributed by atoms with Gasteiger partial charge in [-0.05, 0) is 83.4 Å². The highest BCUT2D eigenvalue weighted by atomic mass is 15.1. The third-order valence-electron chi connectivity index (χ3n) is 7.44. The fourth-order valence-corrected chi connectivity index (χ4v) is 5.53. The summed E-state index contributed by atoms with van der Waals surface area (Å²) < 4.78 is 0. The zero-order chi connectivity index (χ0) is 25.1. The van der Waals surface area contributed by atoms with Crippen LogP contribution in [0.5, 0.6) is 0 Å². The van der Waals surface area contributed by atoms with Gasteiger partial charge < -0.3 is 9.88 Å². The number of rotatable bonds is 3. The molecule has 3 nitrogen and oxygen atoms in total. The predicted molar refractivity (Wildman–Crippen MR) is 155 cm³/mol. The Kier molecular flexibility index (Phi) is 4.80. The fraction of sp³-hybridized carbons (Fsp3) is 0.0882. The number of aromatic nitrogens is 1. The van der Waals surface area contributed by atoms with Gasteiger partial charge in [-0.25, -0.2) is 4.99 Å². The van der Waals surface area contributed by atoms with Crippen molar-refractivity contribution >= 4 is 38.8 Å².